The maximum Gasteiger partial charge on any atom is 0.0633 e. The topological polar surface area (TPSA) is 47.3 Å². The minimum absolute atomic E-state index is 0.306. The summed E-state index contributed by atoms with van der Waals surface area (Å²) in [6.07, 6.45) is 8.94. The number of nitrogens with two attached hydrogens (primary N) is 1. The van der Waals surface area contributed by atoms with Crippen molar-refractivity contribution in [3.05, 3.63) is 12.7 Å². The second kappa shape index (κ2) is 11.7. The molecule has 0 radical (unpaired) electrons. The van der Waals surface area contributed by atoms with Crippen LogP contribution in [0.4, 0.5) is 0 Å². The molecule has 0 rings (SSSR count). The minimum atomic E-state index is 0.306. The Kier molecular flexibility index (Phi) is 11.4. The molecule has 0 amide bonds. The van der Waals surface area contributed by atoms with Gasteiger partial charge in [0.05, 0.1) is 6.61 Å². The van der Waals surface area contributed by atoms with Crippen LogP contribution in [-0.4, -0.2) is 19.3 Å². The van der Waals surface area contributed by atoms with Gasteiger partial charge in [-0.15, -0.1) is 6.58 Å². The molecule has 3 nitrogen and oxygen atoms in total. The first-order chi connectivity index (χ1) is 7.35. The Morgan fingerprint density at radius 2 is 2.20 bits per heavy atom. The maximum atomic E-state index is 5.46. The highest BCUT2D eigenvalue weighted by atomic mass is 16.5. The number of hydrogen-bond donors (Lipinski definition) is 2. The van der Waals surface area contributed by atoms with Gasteiger partial charge in [-0.05, 0) is 25.7 Å². The molecule has 3 N–H and O–H groups in total. The smallest absolute Gasteiger partial charge is 0.0633 e. The molecule has 0 bridgehead atoms. The molecule has 0 aromatic carbocycles. The Morgan fingerprint density at radius 1 is 1.40 bits per heavy atom. The lowest BCUT2D eigenvalue weighted by Gasteiger charge is -2.15. The van der Waals surface area contributed by atoms with E-state index in [9.17, 15) is 0 Å². The van der Waals surface area contributed by atoms with Crippen LogP contribution in [0.1, 0.15) is 45.4 Å². The van der Waals surface area contributed by atoms with Gasteiger partial charge in [0.15, 0.2) is 0 Å². The first kappa shape index (κ1) is 14.6. The summed E-state index contributed by atoms with van der Waals surface area (Å²) >= 11 is 0. The van der Waals surface area contributed by atoms with Crippen LogP contribution >= 0.6 is 0 Å². The van der Waals surface area contributed by atoms with Gasteiger partial charge in [-0.25, -0.2) is 0 Å². The Bertz CT molecular complexity index is 140. The number of unbranched alkanes of at least 4 members (excludes halogenated alkanes) is 3. The molecule has 15 heavy (non-hydrogen) atoms. The molecule has 1 atom stereocenters. The van der Waals surface area contributed by atoms with Crippen LogP contribution in [0.25, 0.3) is 0 Å². The van der Waals surface area contributed by atoms with Crippen LogP contribution in [0.5, 0.6) is 0 Å². The third kappa shape index (κ3) is 9.91. The summed E-state index contributed by atoms with van der Waals surface area (Å²) in [5.74, 6) is 5.45. The third-order valence-electron chi connectivity index (χ3n) is 2.36. The minimum Gasteiger partial charge on any atom is -0.380 e. The number of nitrogens with one attached hydrogen (secondary N) is 1. The lowest BCUT2D eigenvalue weighted by atomic mass is 10.1. The van der Waals surface area contributed by atoms with Gasteiger partial charge in [-0.1, -0.05) is 25.8 Å². The molecule has 0 spiro atoms. The summed E-state index contributed by atoms with van der Waals surface area (Å²) in [6, 6.07) is 0.306. The zero-order valence-electron chi connectivity index (χ0n) is 10.0. The molecule has 1 unspecified atom stereocenters. The highest BCUT2D eigenvalue weighted by Gasteiger charge is 2.05. The van der Waals surface area contributed by atoms with Crippen molar-refractivity contribution < 1.29 is 4.74 Å². The molecule has 0 saturated heterocycles. The Balaban J connectivity index is 3.31. The largest absolute Gasteiger partial charge is 0.380 e. The average molecular weight is 214 g/mol. The van der Waals surface area contributed by atoms with E-state index >= 15 is 0 Å². The predicted octanol–water partition coefficient (Wildman–Crippen LogP) is 2.38. The fourth-order valence-electron chi connectivity index (χ4n) is 1.44. The standard InChI is InChI=1S/C12H26N2O/c1-3-5-6-7-8-9-12(14-13)11-15-10-4-2/h3,12,14H,1,4-11,13H2,2H3. The first-order valence-electron chi connectivity index (χ1n) is 5.99. The van der Waals surface area contributed by atoms with Crippen molar-refractivity contribution in [1.29, 1.82) is 0 Å². The van der Waals surface area contributed by atoms with E-state index in [4.69, 9.17) is 10.6 Å². The molecular formula is C12H26N2O. The van der Waals surface area contributed by atoms with Crippen LogP contribution < -0.4 is 11.3 Å². The number of hydrazine groups is 1. The van der Waals surface area contributed by atoms with Gasteiger partial charge < -0.3 is 4.74 Å². The monoisotopic (exact) mass is 214 g/mol. The van der Waals surface area contributed by atoms with Crippen molar-refractivity contribution in [3.63, 3.8) is 0 Å². The fraction of sp³-hybridized carbons (Fsp3) is 0.833. The lowest BCUT2D eigenvalue weighted by molar-refractivity contribution is 0.108. The van der Waals surface area contributed by atoms with Gasteiger partial charge in [0.25, 0.3) is 0 Å². The van der Waals surface area contributed by atoms with E-state index in [2.05, 4.69) is 18.9 Å². The zero-order chi connectivity index (χ0) is 11.4. The number of hydrogen-bond acceptors (Lipinski definition) is 3. The second-order valence-electron chi connectivity index (χ2n) is 3.87. The highest BCUT2D eigenvalue weighted by Crippen LogP contribution is 2.06. The van der Waals surface area contributed by atoms with Crippen molar-refractivity contribution in [3.8, 4) is 0 Å². The number of allylic oxidation sites excluding steroid dienone is 1. The summed E-state index contributed by atoms with van der Waals surface area (Å²) in [5.41, 5.74) is 2.81. The van der Waals surface area contributed by atoms with Gasteiger partial charge in [-0.2, -0.15) is 0 Å². The number of rotatable bonds is 11. The summed E-state index contributed by atoms with van der Waals surface area (Å²) in [5, 5.41) is 0. The van der Waals surface area contributed by atoms with Crippen molar-refractivity contribution in [1.82, 2.24) is 5.43 Å². The Morgan fingerprint density at radius 3 is 2.80 bits per heavy atom. The average Bonchev–Trinajstić information content (AvgIpc) is 2.26. The number of ether oxygens (including phenoxy) is 1. The predicted molar refractivity (Wildman–Crippen MR) is 65.5 cm³/mol. The van der Waals surface area contributed by atoms with Crippen molar-refractivity contribution in [2.45, 2.75) is 51.5 Å². The van der Waals surface area contributed by atoms with E-state index in [0.29, 0.717) is 6.04 Å². The van der Waals surface area contributed by atoms with Gasteiger partial charge in [0.2, 0.25) is 0 Å². The molecule has 0 heterocycles. The van der Waals surface area contributed by atoms with Crippen molar-refractivity contribution in [2.24, 2.45) is 5.84 Å². The quantitative estimate of drug-likeness (QED) is 0.240. The van der Waals surface area contributed by atoms with Crippen LogP contribution in [-0.2, 0) is 4.74 Å². The molecule has 90 valence electrons. The van der Waals surface area contributed by atoms with E-state index < -0.39 is 0 Å². The molecule has 0 fully saturated rings. The van der Waals surface area contributed by atoms with Crippen LogP contribution in [0.3, 0.4) is 0 Å². The van der Waals surface area contributed by atoms with Crippen LogP contribution in [0, 0.1) is 0 Å². The normalized spacial score (nSPS) is 12.7. The summed E-state index contributed by atoms with van der Waals surface area (Å²) < 4.78 is 5.46. The van der Waals surface area contributed by atoms with E-state index in [0.717, 1.165) is 32.5 Å². The third-order valence-corrected chi connectivity index (χ3v) is 2.36. The molecule has 0 aromatic heterocycles. The molecule has 0 aromatic rings. The molecular weight excluding hydrogens is 188 g/mol. The molecule has 0 aliphatic carbocycles. The van der Waals surface area contributed by atoms with Gasteiger partial charge in [0, 0.05) is 12.6 Å². The van der Waals surface area contributed by atoms with Gasteiger partial charge >= 0.3 is 0 Å². The van der Waals surface area contributed by atoms with E-state index in [1.54, 1.807) is 0 Å². The van der Waals surface area contributed by atoms with Crippen molar-refractivity contribution >= 4 is 0 Å². The van der Waals surface area contributed by atoms with Gasteiger partial charge in [-0.3, -0.25) is 11.3 Å². The van der Waals surface area contributed by atoms with E-state index in [1.165, 1.54) is 19.3 Å². The van der Waals surface area contributed by atoms with Crippen molar-refractivity contribution in [2.75, 3.05) is 13.2 Å². The highest BCUT2D eigenvalue weighted by molar-refractivity contribution is 4.67. The zero-order valence-corrected chi connectivity index (χ0v) is 10.0. The Hall–Kier alpha value is -0.380. The SMILES string of the molecule is C=CCCCCCC(COCCC)NN. The molecule has 3 heteroatoms. The Labute approximate surface area is 94.0 Å². The van der Waals surface area contributed by atoms with Crippen LogP contribution in [0.15, 0.2) is 12.7 Å². The van der Waals surface area contributed by atoms with E-state index in [1.807, 2.05) is 6.08 Å². The molecule has 0 saturated carbocycles. The van der Waals surface area contributed by atoms with Crippen LogP contribution in [0.2, 0.25) is 0 Å². The maximum absolute atomic E-state index is 5.46. The van der Waals surface area contributed by atoms with E-state index in [-0.39, 0.29) is 0 Å². The first-order valence-corrected chi connectivity index (χ1v) is 5.99. The van der Waals surface area contributed by atoms with Gasteiger partial charge in [0.1, 0.15) is 0 Å². The fourth-order valence-corrected chi connectivity index (χ4v) is 1.44. The summed E-state index contributed by atoms with van der Waals surface area (Å²) in [6.45, 7) is 7.37. The second-order valence-corrected chi connectivity index (χ2v) is 3.87. The summed E-state index contributed by atoms with van der Waals surface area (Å²) in [7, 11) is 0. The summed E-state index contributed by atoms with van der Waals surface area (Å²) in [4.78, 5) is 0. The lowest BCUT2D eigenvalue weighted by Crippen LogP contribution is -2.38. The molecule has 0 aliphatic heterocycles. The molecule has 0 aliphatic rings.